The molecule has 104 valence electrons. The van der Waals surface area contributed by atoms with Crippen LogP contribution in [0.15, 0.2) is 36.4 Å². The van der Waals surface area contributed by atoms with Crippen LogP contribution in [-0.2, 0) is 0 Å². The molecular weight excluding hydrogens is 257 g/mol. The average Bonchev–Trinajstić information content (AvgIpc) is 2.40. The van der Waals surface area contributed by atoms with Crippen molar-refractivity contribution in [2.45, 2.75) is 13.8 Å². The highest BCUT2D eigenvalue weighted by Crippen LogP contribution is 2.26. The lowest BCUT2D eigenvalue weighted by Gasteiger charge is -2.11. The molecule has 1 N–H and O–H groups in total. The zero-order valence-corrected chi connectivity index (χ0v) is 11.7. The van der Waals surface area contributed by atoms with Crippen molar-refractivity contribution in [1.29, 1.82) is 0 Å². The Morgan fingerprint density at radius 1 is 1.10 bits per heavy atom. The topological polar surface area (TPSA) is 38.3 Å². The fourth-order valence-corrected chi connectivity index (χ4v) is 1.90. The Kier molecular flexibility index (Phi) is 4.03. The van der Waals surface area contributed by atoms with Crippen molar-refractivity contribution in [2.24, 2.45) is 0 Å². The summed E-state index contributed by atoms with van der Waals surface area (Å²) in [5.74, 6) is -0.482. The highest BCUT2D eigenvalue weighted by Gasteiger charge is 2.14. The molecule has 0 unspecified atom stereocenters. The van der Waals surface area contributed by atoms with E-state index in [-0.39, 0.29) is 5.56 Å². The van der Waals surface area contributed by atoms with Gasteiger partial charge in [0, 0.05) is 0 Å². The summed E-state index contributed by atoms with van der Waals surface area (Å²) < 4.78 is 19.0. The summed E-state index contributed by atoms with van der Waals surface area (Å²) in [6.07, 6.45) is 0. The number of methoxy groups -OCH3 is 1. The third kappa shape index (κ3) is 2.96. The third-order valence-electron chi connectivity index (χ3n) is 2.97. The van der Waals surface area contributed by atoms with Crippen molar-refractivity contribution in [3.63, 3.8) is 0 Å². The van der Waals surface area contributed by atoms with Gasteiger partial charge in [0.1, 0.15) is 11.6 Å². The molecular formula is C16H16FNO2. The number of benzene rings is 2. The van der Waals surface area contributed by atoms with Gasteiger partial charge < -0.3 is 10.1 Å². The summed E-state index contributed by atoms with van der Waals surface area (Å²) in [6.45, 7) is 3.70. The Bertz CT molecular complexity index is 653. The monoisotopic (exact) mass is 273 g/mol. The van der Waals surface area contributed by atoms with Crippen LogP contribution < -0.4 is 10.1 Å². The summed E-state index contributed by atoms with van der Waals surface area (Å²) in [5.41, 5.74) is 2.31. The maximum atomic E-state index is 13.8. The molecule has 0 heterocycles. The van der Waals surface area contributed by atoms with E-state index in [9.17, 15) is 9.18 Å². The molecule has 20 heavy (non-hydrogen) atoms. The summed E-state index contributed by atoms with van der Waals surface area (Å²) in [5, 5.41) is 2.66. The molecule has 0 saturated heterocycles. The van der Waals surface area contributed by atoms with Crippen LogP contribution in [0.5, 0.6) is 5.75 Å². The molecule has 0 aliphatic carbocycles. The zero-order chi connectivity index (χ0) is 14.7. The number of amides is 1. The Hall–Kier alpha value is -2.36. The molecule has 0 fully saturated rings. The molecule has 1 amide bonds. The summed E-state index contributed by atoms with van der Waals surface area (Å²) in [7, 11) is 1.52. The number of halogens is 1. The molecule has 3 nitrogen and oxygen atoms in total. The van der Waals surface area contributed by atoms with Gasteiger partial charge >= 0.3 is 0 Å². The number of carbonyl (C=O) groups excluding carboxylic acids is 1. The third-order valence-corrected chi connectivity index (χ3v) is 2.97. The largest absolute Gasteiger partial charge is 0.495 e. The first kappa shape index (κ1) is 14.1. The number of aryl methyl sites for hydroxylation is 2. The number of rotatable bonds is 3. The Balaban J connectivity index is 2.28. The molecule has 4 heteroatoms. The van der Waals surface area contributed by atoms with Crippen molar-refractivity contribution >= 4 is 11.6 Å². The van der Waals surface area contributed by atoms with E-state index in [1.54, 1.807) is 25.1 Å². The number of anilines is 1. The molecule has 2 aromatic rings. The van der Waals surface area contributed by atoms with Crippen LogP contribution in [-0.4, -0.2) is 13.0 Å². The molecule has 0 bridgehead atoms. The highest BCUT2D eigenvalue weighted by molar-refractivity contribution is 6.05. The maximum absolute atomic E-state index is 13.8. The molecule has 2 aromatic carbocycles. The van der Waals surface area contributed by atoms with Crippen LogP contribution in [0.1, 0.15) is 21.5 Å². The molecule has 0 aromatic heterocycles. The van der Waals surface area contributed by atoms with Gasteiger partial charge in [-0.1, -0.05) is 12.1 Å². The SMILES string of the molecule is COc1cc(C)ccc1NC(=O)c1ccc(C)cc1F. The minimum Gasteiger partial charge on any atom is -0.495 e. The van der Waals surface area contributed by atoms with Gasteiger partial charge in [0.2, 0.25) is 0 Å². The lowest BCUT2D eigenvalue weighted by molar-refractivity contribution is 0.102. The number of hydrogen-bond donors (Lipinski definition) is 1. The van der Waals surface area contributed by atoms with E-state index in [1.165, 1.54) is 19.2 Å². The van der Waals surface area contributed by atoms with Crippen molar-refractivity contribution in [3.8, 4) is 5.75 Å². The van der Waals surface area contributed by atoms with Gasteiger partial charge in [0.15, 0.2) is 0 Å². The predicted octanol–water partition coefficient (Wildman–Crippen LogP) is 3.70. The molecule has 0 aliphatic heterocycles. The van der Waals surface area contributed by atoms with Crippen LogP contribution >= 0.6 is 0 Å². The fraction of sp³-hybridized carbons (Fsp3) is 0.188. The smallest absolute Gasteiger partial charge is 0.258 e. The molecule has 0 atom stereocenters. The zero-order valence-electron chi connectivity index (χ0n) is 11.7. The van der Waals surface area contributed by atoms with Gasteiger partial charge in [-0.15, -0.1) is 0 Å². The minimum atomic E-state index is -0.534. The average molecular weight is 273 g/mol. The number of nitrogens with one attached hydrogen (secondary N) is 1. The van der Waals surface area contributed by atoms with Gasteiger partial charge in [-0.3, -0.25) is 4.79 Å². The summed E-state index contributed by atoms with van der Waals surface area (Å²) in [4.78, 5) is 12.1. The molecule has 2 rings (SSSR count). The van der Waals surface area contributed by atoms with Crippen LogP contribution in [0.2, 0.25) is 0 Å². The Labute approximate surface area is 117 Å². The lowest BCUT2D eigenvalue weighted by atomic mass is 10.1. The van der Waals surface area contributed by atoms with Crippen LogP contribution in [0.4, 0.5) is 10.1 Å². The second-order valence-electron chi connectivity index (χ2n) is 4.64. The van der Waals surface area contributed by atoms with E-state index in [0.717, 1.165) is 11.1 Å². The predicted molar refractivity (Wildman–Crippen MR) is 76.8 cm³/mol. The quantitative estimate of drug-likeness (QED) is 0.926. The first-order valence-electron chi connectivity index (χ1n) is 6.23. The van der Waals surface area contributed by atoms with Crippen molar-refractivity contribution < 1.29 is 13.9 Å². The van der Waals surface area contributed by atoms with Gasteiger partial charge in [-0.2, -0.15) is 0 Å². The fourth-order valence-electron chi connectivity index (χ4n) is 1.90. The second-order valence-corrected chi connectivity index (χ2v) is 4.64. The normalized spacial score (nSPS) is 10.2. The summed E-state index contributed by atoms with van der Waals surface area (Å²) >= 11 is 0. The Morgan fingerprint density at radius 3 is 2.40 bits per heavy atom. The minimum absolute atomic E-state index is 0.0122. The standard InChI is InChI=1S/C16H16FNO2/c1-10-4-6-12(13(17)8-10)16(19)18-14-7-5-11(2)9-15(14)20-3/h4-9H,1-3H3,(H,18,19). The van der Waals surface area contributed by atoms with Crippen molar-refractivity contribution in [3.05, 3.63) is 58.9 Å². The number of ether oxygens (including phenoxy) is 1. The van der Waals surface area contributed by atoms with E-state index >= 15 is 0 Å². The van der Waals surface area contributed by atoms with E-state index in [0.29, 0.717) is 11.4 Å². The highest BCUT2D eigenvalue weighted by atomic mass is 19.1. The van der Waals surface area contributed by atoms with E-state index in [2.05, 4.69) is 5.32 Å². The molecule has 0 saturated carbocycles. The molecule has 0 spiro atoms. The Morgan fingerprint density at radius 2 is 1.75 bits per heavy atom. The van der Waals surface area contributed by atoms with Gasteiger partial charge in [-0.25, -0.2) is 4.39 Å². The van der Waals surface area contributed by atoms with E-state index < -0.39 is 11.7 Å². The van der Waals surface area contributed by atoms with Crippen molar-refractivity contribution in [1.82, 2.24) is 0 Å². The van der Waals surface area contributed by atoms with Crippen LogP contribution in [0, 0.1) is 19.7 Å². The first-order valence-corrected chi connectivity index (χ1v) is 6.23. The van der Waals surface area contributed by atoms with Gasteiger partial charge in [-0.05, 0) is 49.2 Å². The first-order chi connectivity index (χ1) is 9.51. The van der Waals surface area contributed by atoms with E-state index in [4.69, 9.17) is 4.74 Å². The van der Waals surface area contributed by atoms with Gasteiger partial charge in [0.05, 0.1) is 18.4 Å². The molecule has 0 radical (unpaired) electrons. The lowest BCUT2D eigenvalue weighted by Crippen LogP contribution is -2.14. The van der Waals surface area contributed by atoms with Crippen molar-refractivity contribution in [2.75, 3.05) is 12.4 Å². The van der Waals surface area contributed by atoms with Crippen LogP contribution in [0.3, 0.4) is 0 Å². The second kappa shape index (κ2) is 5.74. The molecule has 0 aliphatic rings. The van der Waals surface area contributed by atoms with Crippen LogP contribution in [0.25, 0.3) is 0 Å². The number of carbonyl (C=O) groups is 1. The summed E-state index contributed by atoms with van der Waals surface area (Å²) in [6, 6.07) is 9.90. The maximum Gasteiger partial charge on any atom is 0.258 e. The van der Waals surface area contributed by atoms with E-state index in [1.807, 2.05) is 13.0 Å². The van der Waals surface area contributed by atoms with Gasteiger partial charge in [0.25, 0.3) is 5.91 Å². The number of hydrogen-bond acceptors (Lipinski definition) is 2.